The molecule has 0 unspecified atom stereocenters. The Morgan fingerprint density at radius 2 is 2.22 bits per heavy atom. The monoisotopic (exact) mass is 333 g/mol. The molecule has 0 aromatic carbocycles. The second kappa shape index (κ2) is 6.49. The molecule has 7 nitrogen and oxygen atoms in total. The molecule has 0 radical (unpaired) electrons. The van der Waals surface area contributed by atoms with Crippen LogP contribution in [0, 0.1) is 6.92 Å². The molecule has 0 N–H and O–H groups in total. The number of hydrogen-bond donors (Lipinski definition) is 0. The lowest BCUT2D eigenvalue weighted by Gasteiger charge is -2.16. The van der Waals surface area contributed by atoms with E-state index in [1.807, 2.05) is 32.0 Å². The maximum absolute atomic E-state index is 12.4. The largest absolute Gasteiger partial charge is 0.471 e. The van der Waals surface area contributed by atoms with E-state index in [1.165, 1.54) is 11.3 Å². The lowest BCUT2D eigenvalue weighted by molar-refractivity contribution is 0.0766. The molecule has 8 heteroatoms. The van der Waals surface area contributed by atoms with E-state index in [9.17, 15) is 4.79 Å². The first-order chi connectivity index (χ1) is 11.0. The van der Waals surface area contributed by atoms with Crippen molar-refractivity contribution in [1.82, 2.24) is 20.1 Å². The van der Waals surface area contributed by atoms with E-state index in [2.05, 4.69) is 15.2 Å². The lowest BCUT2D eigenvalue weighted by atomic mass is 10.3. The average Bonchev–Trinajstić information content (AvgIpc) is 3.16. The number of aromatic nitrogens is 3. The topological polar surface area (TPSA) is 71.5 Å². The van der Waals surface area contributed by atoms with E-state index in [0.717, 1.165) is 17.2 Å². The molecule has 23 heavy (non-hydrogen) atoms. The summed E-state index contributed by atoms with van der Waals surface area (Å²) < 4.78 is 5.83. The van der Waals surface area contributed by atoms with Crippen LogP contribution in [0.3, 0.4) is 0 Å². The molecule has 122 valence electrons. The van der Waals surface area contributed by atoms with Crippen molar-refractivity contribution in [1.29, 1.82) is 0 Å². The summed E-state index contributed by atoms with van der Waals surface area (Å²) in [5.41, 5.74) is 0.517. The van der Waals surface area contributed by atoms with Gasteiger partial charge < -0.3 is 14.5 Å². The predicted molar refractivity (Wildman–Crippen MR) is 88.1 cm³/mol. The third-order valence-electron chi connectivity index (χ3n) is 3.64. The van der Waals surface area contributed by atoms with Gasteiger partial charge in [-0.25, -0.2) is 4.98 Å². The number of rotatable bonds is 4. The first kappa shape index (κ1) is 15.7. The fourth-order valence-corrected chi connectivity index (χ4v) is 3.00. The van der Waals surface area contributed by atoms with Gasteiger partial charge in [0.25, 0.3) is 5.91 Å². The van der Waals surface area contributed by atoms with Gasteiger partial charge in [-0.3, -0.25) is 4.79 Å². The number of nitrogens with zero attached hydrogens (tertiary/aromatic N) is 5. The summed E-state index contributed by atoms with van der Waals surface area (Å²) in [4.78, 5) is 20.3. The van der Waals surface area contributed by atoms with Crippen LogP contribution in [0.4, 0.5) is 5.82 Å². The Morgan fingerprint density at radius 1 is 1.39 bits per heavy atom. The fraction of sp³-hybridized carbons (Fsp3) is 0.467. The standard InChI is InChI=1S/C15H19N5O2S/c1-10-16-12(9-23-10)15(21)20-7-6-11(8-20)22-14-5-4-13(17-18-14)19(2)3/h4-5,9,11H,6-8H2,1-3H3/t11-/m1/s1. The second-order valence-electron chi connectivity index (χ2n) is 5.66. The predicted octanol–water partition coefficient (Wildman–Crippen LogP) is 1.60. The third kappa shape index (κ3) is 3.58. The minimum atomic E-state index is -0.0572. The number of anilines is 1. The highest BCUT2D eigenvalue weighted by Gasteiger charge is 2.29. The van der Waals surface area contributed by atoms with Crippen LogP contribution in [-0.4, -0.2) is 59.3 Å². The minimum Gasteiger partial charge on any atom is -0.471 e. The Morgan fingerprint density at radius 3 is 2.83 bits per heavy atom. The molecule has 0 bridgehead atoms. The molecule has 1 aliphatic heterocycles. The van der Waals surface area contributed by atoms with Gasteiger partial charge in [0.2, 0.25) is 5.88 Å². The zero-order valence-corrected chi connectivity index (χ0v) is 14.2. The number of carbonyl (C=O) groups excluding carboxylic acids is 1. The number of aryl methyl sites for hydroxylation is 1. The van der Waals surface area contributed by atoms with Gasteiger partial charge in [0, 0.05) is 38.5 Å². The Bertz CT molecular complexity index is 685. The van der Waals surface area contributed by atoms with Crippen LogP contribution in [0.1, 0.15) is 21.9 Å². The number of amides is 1. The fourth-order valence-electron chi connectivity index (χ4n) is 2.42. The van der Waals surface area contributed by atoms with Gasteiger partial charge in [0.15, 0.2) is 5.82 Å². The van der Waals surface area contributed by atoms with Crippen molar-refractivity contribution in [2.75, 3.05) is 32.1 Å². The smallest absolute Gasteiger partial charge is 0.273 e. The number of hydrogen-bond acceptors (Lipinski definition) is 7. The molecule has 1 saturated heterocycles. The maximum atomic E-state index is 12.4. The summed E-state index contributed by atoms with van der Waals surface area (Å²) >= 11 is 1.49. The molecule has 0 saturated carbocycles. The van der Waals surface area contributed by atoms with Crippen LogP contribution >= 0.6 is 11.3 Å². The number of thiazole rings is 1. The molecule has 1 fully saturated rings. The molecule has 2 aromatic rings. The Kier molecular flexibility index (Phi) is 4.42. The highest BCUT2D eigenvalue weighted by Crippen LogP contribution is 2.20. The SMILES string of the molecule is Cc1nc(C(=O)N2CC[C@@H](Oc3ccc(N(C)C)nn3)C2)cs1. The molecule has 3 rings (SSSR count). The van der Waals surface area contributed by atoms with Gasteiger partial charge in [-0.15, -0.1) is 21.5 Å². The van der Waals surface area contributed by atoms with Crippen LogP contribution < -0.4 is 9.64 Å². The van der Waals surface area contributed by atoms with Crippen LogP contribution in [0.15, 0.2) is 17.5 Å². The van der Waals surface area contributed by atoms with Crippen molar-refractivity contribution in [3.05, 3.63) is 28.2 Å². The van der Waals surface area contributed by atoms with Crippen molar-refractivity contribution >= 4 is 23.1 Å². The normalized spacial score (nSPS) is 17.3. The Hall–Kier alpha value is -2.22. The number of carbonyl (C=O) groups is 1. The summed E-state index contributed by atoms with van der Waals surface area (Å²) in [6, 6.07) is 3.66. The molecule has 0 spiro atoms. The Labute approximate surface area is 138 Å². The van der Waals surface area contributed by atoms with Gasteiger partial charge >= 0.3 is 0 Å². The summed E-state index contributed by atoms with van der Waals surface area (Å²) in [6.45, 7) is 3.11. The number of likely N-dealkylation sites (tertiary alicyclic amines) is 1. The van der Waals surface area contributed by atoms with Crippen molar-refractivity contribution in [2.24, 2.45) is 0 Å². The van der Waals surface area contributed by atoms with E-state index in [0.29, 0.717) is 24.7 Å². The van der Waals surface area contributed by atoms with Crippen LogP contribution in [0.25, 0.3) is 0 Å². The first-order valence-corrected chi connectivity index (χ1v) is 8.30. The first-order valence-electron chi connectivity index (χ1n) is 7.42. The summed E-state index contributed by atoms with van der Waals surface area (Å²) in [5, 5.41) is 10.9. The maximum Gasteiger partial charge on any atom is 0.273 e. The van der Waals surface area contributed by atoms with E-state index in [1.54, 1.807) is 16.3 Å². The molecule has 1 atom stereocenters. The third-order valence-corrected chi connectivity index (χ3v) is 4.42. The van der Waals surface area contributed by atoms with Gasteiger partial charge in [-0.05, 0) is 13.0 Å². The molecular weight excluding hydrogens is 314 g/mol. The van der Waals surface area contributed by atoms with Crippen LogP contribution in [0.5, 0.6) is 5.88 Å². The quantitative estimate of drug-likeness (QED) is 0.846. The molecule has 1 amide bonds. The van der Waals surface area contributed by atoms with Gasteiger partial charge in [-0.1, -0.05) is 0 Å². The van der Waals surface area contributed by atoms with E-state index in [4.69, 9.17) is 4.74 Å². The highest BCUT2D eigenvalue weighted by molar-refractivity contribution is 7.09. The van der Waals surface area contributed by atoms with Crippen molar-refractivity contribution in [2.45, 2.75) is 19.4 Å². The highest BCUT2D eigenvalue weighted by atomic mass is 32.1. The van der Waals surface area contributed by atoms with Crippen molar-refractivity contribution < 1.29 is 9.53 Å². The van der Waals surface area contributed by atoms with E-state index in [-0.39, 0.29) is 12.0 Å². The van der Waals surface area contributed by atoms with E-state index < -0.39 is 0 Å². The summed E-state index contributed by atoms with van der Waals surface area (Å²) in [5.74, 6) is 1.23. The zero-order valence-electron chi connectivity index (χ0n) is 13.4. The zero-order chi connectivity index (χ0) is 16.4. The Balaban J connectivity index is 1.58. The van der Waals surface area contributed by atoms with Gasteiger partial charge in [0.05, 0.1) is 11.6 Å². The van der Waals surface area contributed by atoms with Crippen molar-refractivity contribution in [3.63, 3.8) is 0 Å². The molecular formula is C15H19N5O2S. The number of ether oxygens (including phenoxy) is 1. The lowest BCUT2D eigenvalue weighted by Crippen LogP contribution is -2.31. The molecule has 2 aromatic heterocycles. The van der Waals surface area contributed by atoms with E-state index >= 15 is 0 Å². The van der Waals surface area contributed by atoms with Gasteiger partial charge in [0.1, 0.15) is 11.8 Å². The summed E-state index contributed by atoms with van der Waals surface area (Å²) in [6.07, 6.45) is 0.726. The van der Waals surface area contributed by atoms with Gasteiger partial charge in [-0.2, -0.15) is 0 Å². The molecule has 3 heterocycles. The average molecular weight is 333 g/mol. The van der Waals surface area contributed by atoms with Crippen LogP contribution in [0.2, 0.25) is 0 Å². The van der Waals surface area contributed by atoms with Crippen LogP contribution in [-0.2, 0) is 0 Å². The second-order valence-corrected chi connectivity index (χ2v) is 6.72. The van der Waals surface area contributed by atoms with Crippen molar-refractivity contribution in [3.8, 4) is 5.88 Å². The minimum absolute atomic E-state index is 0.0329. The molecule has 0 aliphatic carbocycles. The summed E-state index contributed by atoms with van der Waals surface area (Å²) in [7, 11) is 3.82. The molecule has 1 aliphatic rings.